The van der Waals surface area contributed by atoms with Gasteiger partial charge in [-0.3, -0.25) is 9.89 Å². The minimum atomic E-state index is -0.160. The van der Waals surface area contributed by atoms with E-state index in [0.717, 1.165) is 15.7 Å². The summed E-state index contributed by atoms with van der Waals surface area (Å²) in [7, 11) is 0. The highest BCUT2D eigenvalue weighted by atomic mass is 79.9. The number of anilines is 1. The van der Waals surface area contributed by atoms with Crippen molar-refractivity contribution in [3.8, 4) is 0 Å². The van der Waals surface area contributed by atoms with Crippen molar-refractivity contribution in [3.05, 3.63) is 45.6 Å². The molecule has 0 atom stereocenters. The van der Waals surface area contributed by atoms with E-state index in [4.69, 9.17) is 0 Å². The number of aromatic nitrogens is 2. The standard InChI is InChI=1S/C12H12BrN3O/c1-7-5-9(3-4-10(7)13)12(17)14-11-6-8(2)15-16-11/h3-6H,1-2H3,(H2,14,15,16,17). The van der Waals surface area contributed by atoms with Crippen molar-refractivity contribution in [2.24, 2.45) is 0 Å². The number of benzene rings is 1. The number of halogens is 1. The molecule has 5 heteroatoms. The Kier molecular flexibility index (Phi) is 3.28. The summed E-state index contributed by atoms with van der Waals surface area (Å²) in [4.78, 5) is 11.9. The Labute approximate surface area is 108 Å². The summed E-state index contributed by atoms with van der Waals surface area (Å²) in [6.07, 6.45) is 0. The number of hydrogen-bond donors (Lipinski definition) is 2. The minimum Gasteiger partial charge on any atom is -0.305 e. The number of aromatic amines is 1. The van der Waals surface area contributed by atoms with Crippen molar-refractivity contribution in [2.45, 2.75) is 13.8 Å². The smallest absolute Gasteiger partial charge is 0.256 e. The van der Waals surface area contributed by atoms with E-state index in [1.807, 2.05) is 26.0 Å². The third kappa shape index (κ3) is 2.74. The number of nitrogens with zero attached hydrogens (tertiary/aromatic N) is 1. The first kappa shape index (κ1) is 11.9. The molecule has 2 aromatic rings. The topological polar surface area (TPSA) is 57.8 Å². The SMILES string of the molecule is Cc1cc(NC(=O)c2ccc(Br)c(C)c2)n[nH]1. The highest BCUT2D eigenvalue weighted by Gasteiger charge is 2.08. The van der Waals surface area contributed by atoms with E-state index in [-0.39, 0.29) is 5.91 Å². The molecule has 0 saturated heterocycles. The van der Waals surface area contributed by atoms with Crippen LogP contribution in [0.15, 0.2) is 28.7 Å². The fourth-order valence-corrected chi connectivity index (χ4v) is 1.70. The van der Waals surface area contributed by atoms with Crippen LogP contribution >= 0.6 is 15.9 Å². The largest absolute Gasteiger partial charge is 0.305 e. The number of aryl methyl sites for hydroxylation is 2. The van der Waals surface area contributed by atoms with Gasteiger partial charge in [0.2, 0.25) is 0 Å². The molecule has 88 valence electrons. The van der Waals surface area contributed by atoms with Gasteiger partial charge in [0.05, 0.1) is 0 Å². The van der Waals surface area contributed by atoms with E-state index in [2.05, 4.69) is 31.4 Å². The molecular weight excluding hydrogens is 282 g/mol. The van der Waals surface area contributed by atoms with Crippen LogP contribution in [0, 0.1) is 13.8 Å². The second-order valence-electron chi connectivity index (χ2n) is 3.85. The monoisotopic (exact) mass is 293 g/mol. The van der Waals surface area contributed by atoms with Gasteiger partial charge in [0, 0.05) is 21.8 Å². The second kappa shape index (κ2) is 4.71. The maximum atomic E-state index is 11.9. The van der Waals surface area contributed by atoms with Crippen molar-refractivity contribution in [2.75, 3.05) is 5.32 Å². The number of rotatable bonds is 2. The van der Waals surface area contributed by atoms with Crippen LogP contribution in [0.2, 0.25) is 0 Å². The molecule has 1 amide bonds. The lowest BCUT2D eigenvalue weighted by molar-refractivity contribution is 0.102. The Morgan fingerprint density at radius 3 is 2.71 bits per heavy atom. The summed E-state index contributed by atoms with van der Waals surface area (Å²) in [5.41, 5.74) is 2.55. The van der Waals surface area contributed by atoms with Crippen LogP contribution in [0.1, 0.15) is 21.6 Å². The van der Waals surface area contributed by atoms with Gasteiger partial charge in [-0.15, -0.1) is 0 Å². The molecule has 0 saturated carbocycles. The number of hydrogen-bond acceptors (Lipinski definition) is 2. The zero-order valence-corrected chi connectivity index (χ0v) is 11.1. The van der Waals surface area contributed by atoms with E-state index < -0.39 is 0 Å². The third-order valence-electron chi connectivity index (χ3n) is 2.37. The number of nitrogens with one attached hydrogen (secondary N) is 2. The fraction of sp³-hybridized carbons (Fsp3) is 0.167. The lowest BCUT2D eigenvalue weighted by Crippen LogP contribution is -2.12. The van der Waals surface area contributed by atoms with Gasteiger partial charge >= 0.3 is 0 Å². The van der Waals surface area contributed by atoms with Crippen molar-refractivity contribution in [3.63, 3.8) is 0 Å². The van der Waals surface area contributed by atoms with Gasteiger partial charge in [0.1, 0.15) is 0 Å². The molecular formula is C12H12BrN3O. The molecule has 1 aromatic heterocycles. The van der Waals surface area contributed by atoms with Gasteiger partial charge < -0.3 is 5.32 Å². The number of carbonyl (C=O) groups excluding carboxylic acids is 1. The molecule has 0 aliphatic carbocycles. The summed E-state index contributed by atoms with van der Waals surface area (Å²) < 4.78 is 0.990. The van der Waals surface area contributed by atoms with E-state index >= 15 is 0 Å². The lowest BCUT2D eigenvalue weighted by Gasteiger charge is -2.04. The van der Waals surface area contributed by atoms with Crippen LogP contribution in [0.5, 0.6) is 0 Å². The molecule has 1 heterocycles. The first-order chi connectivity index (χ1) is 8.06. The Hall–Kier alpha value is -1.62. The predicted octanol–water partition coefficient (Wildman–Crippen LogP) is 3.04. The Morgan fingerprint density at radius 2 is 2.12 bits per heavy atom. The Balaban J connectivity index is 2.17. The third-order valence-corrected chi connectivity index (χ3v) is 3.26. The molecule has 0 fully saturated rings. The molecule has 0 bridgehead atoms. The van der Waals surface area contributed by atoms with Crippen LogP contribution in [-0.4, -0.2) is 16.1 Å². The molecule has 0 spiro atoms. The first-order valence-electron chi connectivity index (χ1n) is 5.16. The van der Waals surface area contributed by atoms with E-state index in [9.17, 15) is 4.79 Å². The zero-order valence-electron chi connectivity index (χ0n) is 9.54. The van der Waals surface area contributed by atoms with Crippen LogP contribution in [-0.2, 0) is 0 Å². The molecule has 17 heavy (non-hydrogen) atoms. The molecule has 2 N–H and O–H groups in total. The van der Waals surface area contributed by atoms with Crippen LogP contribution in [0.4, 0.5) is 5.82 Å². The maximum absolute atomic E-state index is 11.9. The normalized spacial score (nSPS) is 10.3. The zero-order chi connectivity index (χ0) is 12.4. The Morgan fingerprint density at radius 1 is 1.35 bits per heavy atom. The van der Waals surface area contributed by atoms with Crippen molar-refractivity contribution in [1.82, 2.24) is 10.2 Å². The number of amides is 1. The van der Waals surface area contributed by atoms with Gasteiger partial charge in [-0.1, -0.05) is 15.9 Å². The van der Waals surface area contributed by atoms with E-state index in [1.165, 1.54) is 0 Å². The van der Waals surface area contributed by atoms with Gasteiger partial charge in [0.15, 0.2) is 5.82 Å². The summed E-state index contributed by atoms with van der Waals surface area (Å²) in [5.74, 6) is 0.375. The average molecular weight is 294 g/mol. The molecule has 1 aromatic carbocycles. The van der Waals surface area contributed by atoms with Crippen LogP contribution in [0.3, 0.4) is 0 Å². The van der Waals surface area contributed by atoms with Crippen LogP contribution < -0.4 is 5.32 Å². The van der Waals surface area contributed by atoms with Crippen molar-refractivity contribution in [1.29, 1.82) is 0 Å². The average Bonchev–Trinajstić information content (AvgIpc) is 2.68. The first-order valence-corrected chi connectivity index (χ1v) is 5.95. The van der Waals surface area contributed by atoms with Gasteiger partial charge in [-0.05, 0) is 37.6 Å². The lowest BCUT2D eigenvalue weighted by atomic mass is 10.1. The summed E-state index contributed by atoms with van der Waals surface area (Å²) in [6, 6.07) is 7.24. The number of carbonyl (C=O) groups is 1. The molecule has 0 aliphatic heterocycles. The predicted molar refractivity (Wildman–Crippen MR) is 70.2 cm³/mol. The summed E-state index contributed by atoms with van der Waals surface area (Å²) in [6.45, 7) is 3.83. The maximum Gasteiger partial charge on any atom is 0.256 e. The molecule has 0 aliphatic rings. The van der Waals surface area contributed by atoms with Gasteiger partial charge in [-0.25, -0.2) is 0 Å². The molecule has 4 nitrogen and oxygen atoms in total. The number of H-pyrrole nitrogens is 1. The highest BCUT2D eigenvalue weighted by Crippen LogP contribution is 2.17. The quantitative estimate of drug-likeness (QED) is 0.894. The molecule has 0 radical (unpaired) electrons. The van der Waals surface area contributed by atoms with E-state index in [1.54, 1.807) is 12.1 Å². The van der Waals surface area contributed by atoms with Crippen molar-refractivity contribution >= 4 is 27.7 Å². The second-order valence-corrected chi connectivity index (χ2v) is 4.71. The Bertz CT molecular complexity index is 563. The van der Waals surface area contributed by atoms with Gasteiger partial charge in [0.25, 0.3) is 5.91 Å². The molecule has 0 unspecified atom stereocenters. The molecule has 2 rings (SSSR count). The summed E-state index contributed by atoms with van der Waals surface area (Å²) in [5, 5.41) is 9.46. The van der Waals surface area contributed by atoms with E-state index in [0.29, 0.717) is 11.4 Å². The summed E-state index contributed by atoms with van der Waals surface area (Å²) >= 11 is 3.40. The van der Waals surface area contributed by atoms with Gasteiger partial charge in [-0.2, -0.15) is 5.10 Å². The highest BCUT2D eigenvalue weighted by molar-refractivity contribution is 9.10. The van der Waals surface area contributed by atoms with Crippen molar-refractivity contribution < 1.29 is 4.79 Å². The van der Waals surface area contributed by atoms with Crippen LogP contribution in [0.25, 0.3) is 0 Å². The fourth-order valence-electron chi connectivity index (χ4n) is 1.46. The minimum absolute atomic E-state index is 0.160.